The number of likely N-dealkylation sites (tertiary alicyclic amines) is 1. The molecule has 6 nitrogen and oxygen atoms in total. The molecule has 158 valence electrons. The van der Waals surface area contributed by atoms with Crippen LogP contribution in [0.4, 0.5) is 8.78 Å². The molecule has 1 fully saturated rings. The van der Waals surface area contributed by atoms with Crippen molar-refractivity contribution in [3.8, 4) is 0 Å². The summed E-state index contributed by atoms with van der Waals surface area (Å²) in [4.78, 5) is 13.8. The highest BCUT2D eigenvalue weighted by atomic mass is 19.3. The molecule has 8 heteroatoms. The van der Waals surface area contributed by atoms with Gasteiger partial charge in [-0.25, -0.2) is 5.53 Å². The molecule has 0 aliphatic carbocycles. The molecule has 2 unspecified atom stereocenters. The first-order valence-corrected chi connectivity index (χ1v) is 9.90. The average molecular weight is 406 g/mol. The third kappa shape index (κ3) is 6.52. The van der Waals surface area contributed by atoms with Gasteiger partial charge in [-0.3, -0.25) is 10.2 Å². The van der Waals surface area contributed by atoms with Crippen molar-refractivity contribution in [3.05, 3.63) is 48.0 Å². The lowest BCUT2D eigenvalue weighted by Crippen LogP contribution is -2.34. The summed E-state index contributed by atoms with van der Waals surface area (Å²) in [5, 5.41) is 20.4. The van der Waals surface area contributed by atoms with Crippen molar-refractivity contribution in [2.75, 3.05) is 6.54 Å². The van der Waals surface area contributed by atoms with E-state index >= 15 is 0 Å². The summed E-state index contributed by atoms with van der Waals surface area (Å²) in [6.45, 7) is 0.541. The van der Waals surface area contributed by atoms with E-state index in [0.29, 0.717) is 25.8 Å². The van der Waals surface area contributed by atoms with Gasteiger partial charge >= 0.3 is 5.92 Å². The molecule has 3 N–H and O–H groups in total. The number of amides is 1. The lowest BCUT2D eigenvalue weighted by molar-refractivity contribution is -0.128. The van der Waals surface area contributed by atoms with Gasteiger partial charge in [0.15, 0.2) is 0 Å². The lowest BCUT2D eigenvalue weighted by atomic mass is 10.0. The molecule has 0 saturated carbocycles. The maximum Gasteiger partial charge on any atom is 0.302 e. The number of carbonyl (C=O) groups is 1. The van der Waals surface area contributed by atoms with E-state index in [4.69, 9.17) is 10.9 Å². The van der Waals surface area contributed by atoms with Gasteiger partial charge in [-0.2, -0.15) is 8.78 Å². The lowest BCUT2D eigenvalue weighted by Gasteiger charge is -2.24. The average Bonchev–Trinajstić information content (AvgIpc) is 3.08. The number of amidine groups is 1. The van der Waals surface area contributed by atoms with Gasteiger partial charge in [-0.1, -0.05) is 55.3 Å². The van der Waals surface area contributed by atoms with E-state index in [-0.39, 0.29) is 23.3 Å². The molecular formula is C21H28F2N4O2. The number of nitrogens with zero attached hydrogens (tertiary/aromatic N) is 2. The standard InChI is InChI=1S/C21H28F2N4O2/c22-21(23,16-8-4-3-5-9-16)18(28)13-11-17-12-14-20(29)27(17)15-7-2-1-6-10-19(24)26-25/h3-5,8-9,11,13,17-18,24-25,28H,1-2,6-7,10,12,14-15H2/b13-11+,24-19?,26-25?. The Labute approximate surface area is 169 Å². The Morgan fingerprint density at radius 2 is 1.97 bits per heavy atom. The third-order valence-corrected chi connectivity index (χ3v) is 5.12. The fourth-order valence-electron chi connectivity index (χ4n) is 3.42. The molecule has 1 aliphatic rings. The van der Waals surface area contributed by atoms with Crippen LogP contribution < -0.4 is 0 Å². The van der Waals surface area contributed by atoms with Crippen molar-refractivity contribution < 1.29 is 18.7 Å². The first-order valence-electron chi connectivity index (χ1n) is 9.90. The van der Waals surface area contributed by atoms with Gasteiger partial charge in [0.2, 0.25) is 5.91 Å². The van der Waals surface area contributed by atoms with Gasteiger partial charge in [0.25, 0.3) is 0 Å². The fraction of sp³-hybridized carbons (Fsp3) is 0.524. The summed E-state index contributed by atoms with van der Waals surface area (Å²) in [6, 6.07) is 6.92. The third-order valence-electron chi connectivity index (χ3n) is 5.12. The zero-order valence-corrected chi connectivity index (χ0v) is 16.4. The van der Waals surface area contributed by atoms with Crippen molar-refractivity contribution in [1.82, 2.24) is 4.90 Å². The molecule has 29 heavy (non-hydrogen) atoms. The maximum absolute atomic E-state index is 14.4. The van der Waals surface area contributed by atoms with Crippen LogP contribution in [-0.4, -0.2) is 40.4 Å². The highest BCUT2D eigenvalue weighted by Gasteiger charge is 2.39. The minimum Gasteiger partial charge on any atom is -0.382 e. The van der Waals surface area contributed by atoms with Crippen molar-refractivity contribution in [3.63, 3.8) is 0 Å². The Balaban J connectivity index is 1.84. The van der Waals surface area contributed by atoms with Crippen molar-refractivity contribution in [2.24, 2.45) is 5.11 Å². The van der Waals surface area contributed by atoms with Crippen LogP contribution in [0.2, 0.25) is 0 Å². The van der Waals surface area contributed by atoms with E-state index < -0.39 is 12.0 Å². The molecule has 1 saturated heterocycles. The summed E-state index contributed by atoms with van der Waals surface area (Å²) in [5.41, 5.74) is 6.48. The van der Waals surface area contributed by atoms with E-state index in [2.05, 4.69) is 5.11 Å². The highest BCUT2D eigenvalue weighted by Crippen LogP contribution is 2.32. The van der Waals surface area contributed by atoms with Crippen molar-refractivity contribution >= 4 is 11.7 Å². The Kier molecular flexibility index (Phi) is 8.57. The molecule has 0 aromatic heterocycles. The first-order chi connectivity index (χ1) is 13.9. The van der Waals surface area contributed by atoms with E-state index in [1.54, 1.807) is 11.0 Å². The zero-order valence-electron chi connectivity index (χ0n) is 16.4. The number of halogens is 2. The Morgan fingerprint density at radius 3 is 2.66 bits per heavy atom. The number of aliphatic hydroxyl groups is 1. The Bertz CT molecular complexity index is 725. The number of carbonyl (C=O) groups excluding carboxylic acids is 1. The number of unbranched alkanes of at least 4 members (excludes halogenated alkanes) is 3. The van der Waals surface area contributed by atoms with Gasteiger partial charge in [0.05, 0.1) is 6.04 Å². The predicted octanol–water partition coefficient (Wildman–Crippen LogP) is 4.65. The number of aliphatic hydroxyl groups excluding tert-OH is 1. The second-order valence-electron chi connectivity index (χ2n) is 7.23. The topological polar surface area (TPSA) is 101 Å². The van der Waals surface area contributed by atoms with Crippen molar-refractivity contribution in [1.29, 1.82) is 10.9 Å². The minimum absolute atomic E-state index is 0.00116. The largest absolute Gasteiger partial charge is 0.382 e. The SMILES string of the molecule is N=NC(=N)CCCCCCN1C(=O)CCC1/C=C/C(O)C(F)(F)c1ccccc1. The minimum atomic E-state index is -3.40. The molecule has 1 heterocycles. The summed E-state index contributed by atoms with van der Waals surface area (Å²) in [7, 11) is 0. The van der Waals surface area contributed by atoms with Gasteiger partial charge < -0.3 is 10.0 Å². The van der Waals surface area contributed by atoms with Crippen LogP contribution in [0.3, 0.4) is 0 Å². The van der Waals surface area contributed by atoms with Crippen LogP contribution in [0, 0.1) is 10.9 Å². The van der Waals surface area contributed by atoms with Crippen LogP contribution >= 0.6 is 0 Å². The van der Waals surface area contributed by atoms with Crippen LogP contribution in [-0.2, 0) is 10.7 Å². The Morgan fingerprint density at radius 1 is 1.28 bits per heavy atom. The zero-order chi connectivity index (χ0) is 21.3. The molecule has 2 atom stereocenters. The predicted molar refractivity (Wildman–Crippen MR) is 106 cm³/mol. The van der Waals surface area contributed by atoms with Crippen LogP contribution in [0.25, 0.3) is 0 Å². The van der Waals surface area contributed by atoms with Gasteiger partial charge in [-0.15, -0.1) is 5.11 Å². The van der Waals surface area contributed by atoms with Crippen LogP contribution in [0.5, 0.6) is 0 Å². The quantitative estimate of drug-likeness (QED) is 0.164. The fourth-order valence-corrected chi connectivity index (χ4v) is 3.42. The van der Waals surface area contributed by atoms with Gasteiger partial charge in [-0.05, 0) is 19.3 Å². The van der Waals surface area contributed by atoms with Crippen LogP contribution in [0.1, 0.15) is 50.5 Å². The number of alkyl halides is 2. The molecule has 1 aliphatic heterocycles. The number of hydrogen-bond acceptors (Lipinski definition) is 4. The monoisotopic (exact) mass is 406 g/mol. The van der Waals surface area contributed by atoms with Gasteiger partial charge in [0.1, 0.15) is 11.9 Å². The smallest absolute Gasteiger partial charge is 0.302 e. The molecule has 2 rings (SSSR count). The normalized spacial score (nSPS) is 18.4. The van der Waals surface area contributed by atoms with E-state index in [1.807, 2.05) is 0 Å². The number of rotatable bonds is 11. The Hall–Kier alpha value is -2.48. The number of benzene rings is 1. The van der Waals surface area contributed by atoms with E-state index in [1.165, 1.54) is 30.3 Å². The van der Waals surface area contributed by atoms with Crippen LogP contribution in [0.15, 0.2) is 47.6 Å². The van der Waals surface area contributed by atoms with Crippen molar-refractivity contribution in [2.45, 2.75) is 63.0 Å². The number of nitrogens with one attached hydrogen (secondary N) is 2. The maximum atomic E-state index is 14.4. The second-order valence-corrected chi connectivity index (χ2v) is 7.23. The molecule has 1 amide bonds. The molecule has 0 bridgehead atoms. The molecule has 1 aromatic carbocycles. The summed E-state index contributed by atoms with van der Waals surface area (Å²) >= 11 is 0. The molecule has 0 radical (unpaired) electrons. The number of hydrogen-bond donors (Lipinski definition) is 3. The summed E-state index contributed by atoms with van der Waals surface area (Å²) < 4.78 is 28.8. The second kappa shape index (κ2) is 10.9. The van der Waals surface area contributed by atoms with E-state index in [9.17, 15) is 18.7 Å². The molecular weight excluding hydrogens is 378 g/mol. The highest BCUT2D eigenvalue weighted by molar-refractivity contribution is 5.79. The summed E-state index contributed by atoms with van der Waals surface area (Å²) in [6.07, 6.45) is 5.38. The molecule has 1 aromatic rings. The molecule has 0 spiro atoms. The van der Waals surface area contributed by atoms with Gasteiger partial charge in [0, 0.05) is 24.9 Å². The summed E-state index contributed by atoms with van der Waals surface area (Å²) in [5.74, 6) is -3.33. The van der Waals surface area contributed by atoms with E-state index in [0.717, 1.165) is 31.8 Å². The first kappa shape index (κ1) is 22.8.